The summed E-state index contributed by atoms with van der Waals surface area (Å²) in [6.07, 6.45) is 5.25. The van der Waals surface area contributed by atoms with Crippen molar-refractivity contribution in [3.05, 3.63) is 28.2 Å². The number of halogens is 2. The van der Waals surface area contributed by atoms with Crippen molar-refractivity contribution < 1.29 is 4.74 Å². The van der Waals surface area contributed by atoms with Gasteiger partial charge in [-0.25, -0.2) is 0 Å². The minimum Gasteiger partial charge on any atom is -0.493 e. The molecule has 0 radical (unpaired) electrons. The van der Waals surface area contributed by atoms with Crippen LogP contribution in [0.5, 0.6) is 5.75 Å². The van der Waals surface area contributed by atoms with E-state index in [1.54, 1.807) is 12.1 Å². The summed E-state index contributed by atoms with van der Waals surface area (Å²) in [5.41, 5.74) is 0. The van der Waals surface area contributed by atoms with Crippen molar-refractivity contribution in [1.29, 1.82) is 0 Å². The number of hydrogen-bond donors (Lipinski definition) is 0. The van der Waals surface area contributed by atoms with Crippen molar-refractivity contribution in [2.45, 2.75) is 37.8 Å². The van der Waals surface area contributed by atoms with Crippen molar-refractivity contribution in [3.8, 4) is 5.75 Å². The highest BCUT2D eigenvalue weighted by atomic mass is 35.5. The number of benzene rings is 1. The van der Waals surface area contributed by atoms with E-state index in [1.165, 1.54) is 25.7 Å². The minimum atomic E-state index is 0.556. The molecule has 0 amide bonds. The van der Waals surface area contributed by atoms with Gasteiger partial charge in [0.15, 0.2) is 0 Å². The SMILES string of the molecule is CN1[C@@H]2CC[C@H](COc3ccc(Cl)c(Cl)c3)[C@@H]1CC2. The van der Waals surface area contributed by atoms with Gasteiger partial charge in [-0.2, -0.15) is 0 Å². The summed E-state index contributed by atoms with van der Waals surface area (Å²) in [7, 11) is 2.26. The first-order valence-electron chi connectivity index (χ1n) is 6.95. The molecule has 104 valence electrons. The molecule has 0 N–H and O–H groups in total. The van der Waals surface area contributed by atoms with Gasteiger partial charge < -0.3 is 9.64 Å². The average molecular weight is 300 g/mol. The van der Waals surface area contributed by atoms with Gasteiger partial charge >= 0.3 is 0 Å². The Labute approximate surface area is 124 Å². The van der Waals surface area contributed by atoms with E-state index in [0.29, 0.717) is 22.0 Å². The molecule has 2 aliphatic heterocycles. The van der Waals surface area contributed by atoms with Crippen LogP contribution in [0.2, 0.25) is 10.0 Å². The average Bonchev–Trinajstić information content (AvgIpc) is 2.63. The lowest BCUT2D eigenvalue weighted by atomic mass is 9.91. The van der Waals surface area contributed by atoms with Gasteiger partial charge in [0, 0.05) is 24.1 Å². The van der Waals surface area contributed by atoms with E-state index in [9.17, 15) is 0 Å². The van der Waals surface area contributed by atoms with E-state index < -0.39 is 0 Å². The van der Waals surface area contributed by atoms with Crippen molar-refractivity contribution in [2.75, 3.05) is 13.7 Å². The zero-order valence-corrected chi connectivity index (χ0v) is 12.6. The summed E-state index contributed by atoms with van der Waals surface area (Å²) >= 11 is 11.9. The minimum absolute atomic E-state index is 0.556. The first-order valence-corrected chi connectivity index (χ1v) is 7.70. The zero-order chi connectivity index (χ0) is 13.4. The van der Waals surface area contributed by atoms with Crippen molar-refractivity contribution in [3.63, 3.8) is 0 Å². The Balaban J connectivity index is 1.61. The third kappa shape index (κ3) is 2.72. The third-order valence-corrected chi connectivity index (χ3v) is 5.40. The monoisotopic (exact) mass is 299 g/mol. The summed E-state index contributed by atoms with van der Waals surface area (Å²) in [6.45, 7) is 0.777. The summed E-state index contributed by atoms with van der Waals surface area (Å²) in [6, 6.07) is 6.98. The molecule has 2 bridgehead atoms. The molecule has 4 heteroatoms. The van der Waals surface area contributed by atoms with Gasteiger partial charge in [-0.15, -0.1) is 0 Å². The Morgan fingerprint density at radius 1 is 1.16 bits per heavy atom. The molecule has 3 atom stereocenters. The largest absolute Gasteiger partial charge is 0.493 e. The predicted octanol–water partition coefficient (Wildman–Crippen LogP) is 4.25. The van der Waals surface area contributed by atoms with Gasteiger partial charge in [-0.1, -0.05) is 23.2 Å². The molecule has 2 heterocycles. The van der Waals surface area contributed by atoms with Crippen LogP contribution in [0.1, 0.15) is 25.7 Å². The number of fused-ring (bicyclic) bond motifs is 2. The van der Waals surface area contributed by atoms with Gasteiger partial charge in [0.25, 0.3) is 0 Å². The first kappa shape index (κ1) is 13.5. The normalized spacial score (nSPS) is 30.6. The lowest BCUT2D eigenvalue weighted by molar-refractivity contribution is 0.0853. The predicted molar refractivity (Wildman–Crippen MR) is 79.3 cm³/mol. The lowest BCUT2D eigenvalue weighted by Gasteiger charge is -2.37. The molecule has 2 saturated heterocycles. The Morgan fingerprint density at radius 3 is 2.74 bits per heavy atom. The second kappa shape index (κ2) is 5.51. The van der Waals surface area contributed by atoms with Gasteiger partial charge in [-0.05, 0) is 44.9 Å². The van der Waals surface area contributed by atoms with Crippen LogP contribution >= 0.6 is 23.2 Å². The van der Waals surface area contributed by atoms with Crippen LogP contribution in [0.3, 0.4) is 0 Å². The van der Waals surface area contributed by atoms with Crippen LogP contribution in [0, 0.1) is 5.92 Å². The van der Waals surface area contributed by atoms with Crippen LogP contribution in [0.4, 0.5) is 0 Å². The van der Waals surface area contributed by atoms with Crippen molar-refractivity contribution in [1.82, 2.24) is 4.90 Å². The van der Waals surface area contributed by atoms with E-state index in [2.05, 4.69) is 11.9 Å². The zero-order valence-electron chi connectivity index (χ0n) is 11.1. The van der Waals surface area contributed by atoms with E-state index >= 15 is 0 Å². The number of ether oxygens (including phenoxy) is 1. The third-order valence-electron chi connectivity index (χ3n) is 4.66. The number of rotatable bonds is 3. The maximum absolute atomic E-state index is 6.00. The Hall–Kier alpha value is -0.440. The molecular weight excluding hydrogens is 281 g/mol. The van der Waals surface area contributed by atoms with Crippen molar-refractivity contribution >= 4 is 23.2 Å². The van der Waals surface area contributed by atoms with Gasteiger partial charge in [0.1, 0.15) is 5.75 Å². The van der Waals surface area contributed by atoms with E-state index in [0.717, 1.165) is 18.4 Å². The Morgan fingerprint density at radius 2 is 1.95 bits per heavy atom. The standard InChI is InChI=1S/C15H19Cl2NO/c1-18-11-3-2-10(15(18)7-4-11)9-19-12-5-6-13(16)14(17)8-12/h5-6,8,10-11,15H,2-4,7,9H2,1H3/t10-,11-,15+/m1/s1. The first-order chi connectivity index (χ1) is 9.15. The molecule has 2 aliphatic rings. The Bertz CT molecular complexity index is 465. The Kier molecular flexibility index (Phi) is 3.93. The van der Waals surface area contributed by atoms with Gasteiger partial charge in [-0.3, -0.25) is 0 Å². The molecule has 2 fully saturated rings. The van der Waals surface area contributed by atoms with Crippen LogP contribution in [-0.2, 0) is 0 Å². The van der Waals surface area contributed by atoms with Crippen LogP contribution in [-0.4, -0.2) is 30.6 Å². The summed E-state index contributed by atoms with van der Waals surface area (Å²) in [5.74, 6) is 1.45. The van der Waals surface area contributed by atoms with E-state index in [4.69, 9.17) is 27.9 Å². The van der Waals surface area contributed by atoms with E-state index in [1.807, 2.05) is 6.07 Å². The van der Waals surface area contributed by atoms with Crippen LogP contribution in [0.25, 0.3) is 0 Å². The van der Waals surface area contributed by atoms with Gasteiger partial charge in [0.05, 0.1) is 16.7 Å². The molecule has 3 rings (SSSR count). The smallest absolute Gasteiger partial charge is 0.120 e. The summed E-state index contributed by atoms with van der Waals surface area (Å²) in [5, 5.41) is 1.13. The lowest BCUT2D eigenvalue weighted by Crippen LogP contribution is -2.43. The molecule has 1 aromatic rings. The van der Waals surface area contributed by atoms with Crippen LogP contribution < -0.4 is 4.74 Å². The second-order valence-corrected chi connectivity index (χ2v) is 6.50. The summed E-state index contributed by atoms with van der Waals surface area (Å²) < 4.78 is 5.91. The molecule has 0 aromatic heterocycles. The highest BCUT2D eigenvalue weighted by molar-refractivity contribution is 6.42. The highest BCUT2D eigenvalue weighted by Gasteiger charge is 2.40. The van der Waals surface area contributed by atoms with E-state index in [-0.39, 0.29) is 0 Å². The number of piperidine rings is 1. The second-order valence-electron chi connectivity index (χ2n) is 5.69. The van der Waals surface area contributed by atoms with Gasteiger partial charge in [0.2, 0.25) is 0 Å². The fourth-order valence-electron chi connectivity index (χ4n) is 3.52. The topological polar surface area (TPSA) is 12.5 Å². The summed E-state index contributed by atoms with van der Waals surface area (Å²) in [4.78, 5) is 2.55. The van der Waals surface area contributed by atoms with Crippen LogP contribution in [0.15, 0.2) is 18.2 Å². The fourth-order valence-corrected chi connectivity index (χ4v) is 3.81. The molecule has 0 aliphatic carbocycles. The number of nitrogens with zero attached hydrogens (tertiary/aromatic N) is 1. The maximum Gasteiger partial charge on any atom is 0.120 e. The molecule has 0 unspecified atom stereocenters. The molecule has 2 nitrogen and oxygen atoms in total. The quantitative estimate of drug-likeness (QED) is 0.827. The molecule has 1 aromatic carbocycles. The molecular formula is C15H19Cl2NO. The number of hydrogen-bond acceptors (Lipinski definition) is 2. The van der Waals surface area contributed by atoms with Crippen molar-refractivity contribution in [2.24, 2.45) is 5.92 Å². The molecule has 0 spiro atoms. The maximum atomic E-state index is 6.00. The molecule has 19 heavy (non-hydrogen) atoms. The molecule has 0 saturated carbocycles. The fraction of sp³-hybridized carbons (Fsp3) is 0.600. The highest BCUT2D eigenvalue weighted by Crippen LogP contribution is 2.38.